The van der Waals surface area contributed by atoms with Crippen LogP contribution in [0.15, 0.2) is 35.6 Å². The van der Waals surface area contributed by atoms with Crippen LogP contribution in [0.2, 0.25) is 0 Å². The van der Waals surface area contributed by atoms with Crippen LogP contribution in [-0.2, 0) is 6.54 Å². The van der Waals surface area contributed by atoms with Crippen LogP contribution in [-0.4, -0.2) is 42.8 Å². The molecule has 0 aliphatic heterocycles. The van der Waals surface area contributed by atoms with Gasteiger partial charge in [0.25, 0.3) is 0 Å². The highest BCUT2D eigenvalue weighted by Crippen LogP contribution is 2.16. The molecular weight excluding hydrogens is 290 g/mol. The molecule has 1 aromatic heterocycles. The zero-order valence-corrected chi connectivity index (χ0v) is 11.7. The average Bonchev–Trinajstić information content (AvgIpc) is 2.94. The van der Waals surface area contributed by atoms with Crippen molar-refractivity contribution in [3.8, 4) is 5.75 Å². The van der Waals surface area contributed by atoms with Gasteiger partial charge in [-0.05, 0) is 24.0 Å². The van der Waals surface area contributed by atoms with Crippen molar-refractivity contribution < 1.29 is 14.8 Å². The summed E-state index contributed by atoms with van der Waals surface area (Å²) in [6.45, 7) is 1.74. The average molecular weight is 303 g/mol. The summed E-state index contributed by atoms with van der Waals surface area (Å²) in [4.78, 5) is 29.3. The van der Waals surface area contributed by atoms with Crippen LogP contribution in [0.3, 0.4) is 0 Å². The van der Waals surface area contributed by atoms with E-state index in [2.05, 4.69) is 15.1 Å². The predicted molar refractivity (Wildman–Crippen MR) is 77.1 cm³/mol. The number of nitro groups is 1. The zero-order valence-electron chi connectivity index (χ0n) is 11.7. The minimum absolute atomic E-state index is 0.0905. The zero-order chi connectivity index (χ0) is 16.1. The Morgan fingerprint density at radius 2 is 2.18 bits per heavy atom. The maximum absolute atomic E-state index is 11.9. The standard InChI is InChI=1S/C13H13N5O4/c1-9(7-17-8-15-13(16-17)18(21)22)14-6-12(20)10-4-2-3-5-11(10)19/h2-5,8,19H,6-7H2,1H3. The van der Waals surface area contributed by atoms with E-state index in [4.69, 9.17) is 0 Å². The lowest BCUT2D eigenvalue weighted by atomic mass is 10.1. The minimum Gasteiger partial charge on any atom is -0.507 e. The monoisotopic (exact) mass is 303 g/mol. The summed E-state index contributed by atoms with van der Waals surface area (Å²) in [6, 6.07) is 6.22. The number of phenols is 1. The summed E-state index contributed by atoms with van der Waals surface area (Å²) in [5.74, 6) is -0.896. The van der Waals surface area contributed by atoms with Gasteiger partial charge in [-0.15, -0.1) is 0 Å². The van der Waals surface area contributed by atoms with Crippen LogP contribution < -0.4 is 0 Å². The fourth-order valence-electron chi connectivity index (χ4n) is 1.73. The first kappa shape index (κ1) is 15.3. The number of phenolic OH excluding ortho intramolecular Hbond substituents is 1. The SMILES string of the molecule is CC(Cn1cnc([N+](=O)[O-])n1)=NCC(=O)c1ccccc1O. The van der Waals surface area contributed by atoms with Crippen molar-refractivity contribution in [1.29, 1.82) is 0 Å². The van der Waals surface area contributed by atoms with Gasteiger partial charge in [-0.1, -0.05) is 17.1 Å². The molecule has 0 aliphatic carbocycles. The number of carbonyl (C=O) groups excluding carboxylic acids is 1. The molecule has 0 fully saturated rings. The summed E-state index contributed by atoms with van der Waals surface area (Å²) in [6.07, 6.45) is 1.22. The highest BCUT2D eigenvalue weighted by Gasteiger charge is 2.14. The van der Waals surface area contributed by atoms with Crippen molar-refractivity contribution in [2.45, 2.75) is 13.5 Å². The van der Waals surface area contributed by atoms with Crippen molar-refractivity contribution in [1.82, 2.24) is 14.8 Å². The molecular formula is C13H13N5O4. The van der Waals surface area contributed by atoms with Gasteiger partial charge in [-0.2, -0.15) is 4.68 Å². The number of ketones is 1. The maximum Gasteiger partial charge on any atom is 0.490 e. The number of rotatable bonds is 6. The van der Waals surface area contributed by atoms with E-state index < -0.39 is 10.9 Å². The third kappa shape index (κ3) is 3.72. The Hall–Kier alpha value is -3.10. The molecule has 0 saturated carbocycles. The Bertz CT molecular complexity index is 738. The Morgan fingerprint density at radius 3 is 2.82 bits per heavy atom. The molecule has 1 aromatic carbocycles. The Morgan fingerprint density at radius 1 is 1.45 bits per heavy atom. The van der Waals surface area contributed by atoms with Crippen molar-refractivity contribution in [3.05, 3.63) is 46.3 Å². The summed E-state index contributed by atoms with van der Waals surface area (Å²) >= 11 is 0. The number of benzene rings is 1. The summed E-state index contributed by atoms with van der Waals surface area (Å²) in [5, 5.41) is 23.7. The van der Waals surface area contributed by atoms with Gasteiger partial charge in [-0.25, -0.2) is 0 Å². The molecule has 22 heavy (non-hydrogen) atoms. The number of aromatic nitrogens is 3. The Labute approximate surface area is 125 Å². The summed E-state index contributed by atoms with van der Waals surface area (Å²) < 4.78 is 1.27. The number of hydrogen-bond donors (Lipinski definition) is 1. The van der Waals surface area contributed by atoms with Crippen LogP contribution in [0.5, 0.6) is 5.75 Å². The molecule has 1 heterocycles. The number of Topliss-reactive ketones (excluding diaryl/α,β-unsaturated/α-hetero) is 1. The van der Waals surface area contributed by atoms with Crippen LogP contribution in [0.1, 0.15) is 17.3 Å². The number of aliphatic imine (C=N–C) groups is 1. The summed E-state index contributed by atoms with van der Waals surface area (Å²) in [5.41, 5.74) is 0.763. The fraction of sp³-hybridized carbons (Fsp3) is 0.231. The van der Waals surface area contributed by atoms with Crippen LogP contribution in [0, 0.1) is 10.1 Å². The maximum atomic E-state index is 11.9. The van der Waals surface area contributed by atoms with Gasteiger partial charge >= 0.3 is 5.95 Å². The van der Waals surface area contributed by atoms with Crippen LogP contribution in [0.4, 0.5) is 5.95 Å². The van der Waals surface area contributed by atoms with Gasteiger partial charge in [0.1, 0.15) is 12.3 Å². The molecule has 1 N–H and O–H groups in total. The molecule has 0 radical (unpaired) electrons. The molecule has 9 heteroatoms. The fourth-order valence-corrected chi connectivity index (χ4v) is 1.73. The molecule has 9 nitrogen and oxygen atoms in total. The van der Waals surface area contributed by atoms with Gasteiger partial charge in [0.15, 0.2) is 5.78 Å². The molecule has 0 saturated heterocycles. The molecule has 2 aromatic rings. The first-order valence-corrected chi connectivity index (χ1v) is 6.32. The van der Waals surface area contributed by atoms with Gasteiger partial charge in [0.2, 0.25) is 6.33 Å². The molecule has 0 unspecified atom stereocenters. The van der Waals surface area contributed by atoms with E-state index in [1.54, 1.807) is 19.1 Å². The number of para-hydroxylation sites is 1. The first-order chi connectivity index (χ1) is 10.5. The van der Waals surface area contributed by atoms with Gasteiger partial charge in [-0.3, -0.25) is 9.79 Å². The molecule has 0 bridgehead atoms. The number of aromatic hydroxyl groups is 1. The van der Waals surface area contributed by atoms with E-state index in [0.717, 1.165) is 0 Å². The van der Waals surface area contributed by atoms with Gasteiger partial charge in [0.05, 0.1) is 12.1 Å². The molecule has 0 spiro atoms. The molecule has 2 rings (SSSR count). The van der Waals surface area contributed by atoms with E-state index >= 15 is 0 Å². The minimum atomic E-state index is -0.690. The summed E-state index contributed by atoms with van der Waals surface area (Å²) in [7, 11) is 0. The van der Waals surface area contributed by atoms with Crippen LogP contribution >= 0.6 is 0 Å². The number of hydrogen-bond acceptors (Lipinski definition) is 7. The molecule has 0 aliphatic rings. The quantitative estimate of drug-likeness (QED) is 0.370. The van der Waals surface area contributed by atoms with Crippen molar-refractivity contribution in [3.63, 3.8) is 0 Å². The largest absolute Gasteiger partial charge is 0.507 e. The third-order valence-electron chi connectivity index (χ3n) is 2.78. The van der Waals surface area contributed by atoms with E-state index in [1.165, 1.54) is 23.1 Å². The lowest BCUT2D eigenvalue weighted by molar-refractivity contribution is -0.394. The predicted octanol–water partition coefficient (Wildman–Crippen LogP) is 1.24. The Balaban J connectivity index is 1.99. The van der Waals surface area contributed by atoms with Gasteiger partial charge in [0, 0.05) is 10.8 Å². The first-order valence-electron chi connectivity index (χ1n) is 6.32. The lowest BCUT2D eigenvalue weighted by Crippen LogP contribution is -2.11. The van der Waals surface area contributed by atoms with Crippen LogP contribution in [0.25, 0.3) is 0 Å². The topological polar surface area (TPSA) is 124 Å². The van der Waals surface area contributed by atoms with E-state index in [1.807, 2.05) is 0 Å². The van der Waals surface area contributed by atoms with Crippen molar-refractivity contribution in [2.24, 2.45) is 4.99 Å². The lowest BCUT2D eigenvalue weighted by Gasteiger charge is -2.02. The second-order valence-electron chi connectivity index (χ2n) is 4.49. The molecule has 0 atom stereocenters. The highest BCUT2D eigenvalue weighted by atomic mass is 16.6. The van der Waals surface area contributed by atoms with Crippen molar-refractivity contribution in [2.75, 3.05) is 6.54 Å². The van der Waals surface area contributed by atoms with E-state index in [-0.39, 0.29) is 30.2 Å². The smallest absolute Gasteiger partial charge is 0.490 e. The second kappa shape index (κ2) is 6.57. The highest BCUT2D eigenvalue weighted by molar-refractivity contribution is 6.01. The molecule has 0 amide bonds. The third-order valence-corrected chi connectivity index (χ3v) is 2.78. The van der Waals surface area contributed by atoms with Crippen molar-refractivity contribution >= 4 is 17.4 Å². The van der Waals surface area contributed by atoms with E-state index in [9.17, 15) is 20.0 Å². The number of nitrogens with zero attached hydrogens (tertiary/aromatic N) is 5. The number of carbonyl (C=O) groups is 1. The molecule has 114 valence electrons. The van der Waals surface area contributed by atoms with Gasteiger partial charge < -0.3 is 15.2 Å². The van der Waals surface area contributed by atoms with E-state index in [0.29, 0.717) is 5.71 Å². The normalized spacial score (nSPS) is 11.4. The second-order valence-corrected chi connectivity index (χ2v) is 4.49. The Kier molecular flexibility index (Phi) is 4.57.